The molecule has 0 aliphatic heterocycles. The van der Waals surface area contributed by atoms with E-state index in [1.54, 1.807) is 6.33 Å². The van der Waals surface area contributed by atoms with Gasteiger partial charge >= 0.3 is 0 Å². The zero-order valence-electron chi connectivity index (χ0n) is 6.17. The van der Waals surface area contributed by atoms with Gasteiger partial charge in [-0.25, -0.2) is 4.98 Å². The summed E-state index contributed by atoms with van der Waals surface area (Å²) in [4.78, 5) is 6.89. The molecule has 0 amide bonds. The van der Waals surface area contributed by atoms with Crippen molar-refractivity contribution in [2.45, 2.75) is 19.8 Å². The Morgan fingerprint density at radius 1 is 1.70 bits per heavy atom. The van der Waals surface area contributed by atoms with Gasteiger partial charge in [0, 0.05) is 0 Å². The molecule has 0 saturated carbocycles. The highest BCUT2D eigenvalue weighted by atomic mass is 14.8. The zero-order chi connectivity index (χ0) is 7.23. The van der Waals surface area contributed by atoms with E-state index < -0.39 is 0 Å². The first kappa shape index (κ1) is 7.06. The minimum atomic E-state index is 1.08. The number of nitrogens with one attached hydrogen (secondary N) is 1. The molecule has 1 rings (SSSR count). The molecule has 1 heterocycles. The topological polar surface area (TPSA) is 28.7 Å². The maximum atomic E-state index is 3.89. The molecule has 0 spiro atoms. The molecule has 1 aromatic rings. The standard InChI is InChI=1S/C8H12N2/c1-2-3-4-5-8-6-9-7-10-8/h4-7H,2-3H2,1H3,(H,9,10)/b5-4+. The van der Waals surface area contributed by atoms with Crippen molar-refractivity contribution < 1.29 is 0 Å². The first-order valence-electron chi connectivity index (χ1n) is 3.58. The Balaban J connectivity index is 2.40. The fourth-order valence-electron chi connectivity index (χ4n) is 0.735. The lowest BCUT2D eigenvalue weighted by atomic mass is 10.3. The average molecular weight is 136 g/mol. The summed E-state index contributed by atoms with van der Waals surface area (Å²) in [7, 11) is 0. The van der Waals surface area contributed by atoms with E-state index >= 15 is 0 Å². The number of H-pyrrole nitrogens is 1. The molecule has 0 bridgehead atoms. The Morgan fingerprint density at radius 2 is 2.60 bits per heavy atom. The van der Waals surface area contributed by atoms with E-state index in [0.29, 0.717) is 0 Å². The minimum Gasteiger partial charge on any atom is -0.345 e. The molecule has 0 saturated heterocycles. The molecule has 0 radical (unpaired) electrons. The number of unbranched alkanes of at least 4 members (excludes halogenated alkanes) is 1. The monoisotopic (exact) mass is 136 g/mol. The maximum absolute atomic E-state index is 3.89. The summed E-state index contributed by atoms with van der Waals surface area (Å²) in [5, 5.41) is 0. The maximum Gasteiger partial charge on any atom is 0.0924 e. The Hall–Kier alpha value is -1.05. The lowest BCUT2D eigenvalue weighted by Gasteiger charge is -1.83. The van der Waals surface area contributed by atoms with Gasteiger partial charge in [0.25, 0.3) is 0 Å². The molecule has 0 aromatic carbocycles. The summed E-state index contributed by atoms with van der Waals surface area (Å²) in [5.41, 5.74) is 1.08. The Kier molecular flexibility index (Phi) is 2.74. The number of aromatic nitrogens is 2. The van der Waals surface area contributed by atoms with E-state index in [9.17, 15) is 0 Å². The lowest BCUT2D eigenvalue weighted by Crippen LogP contribution is -1.67. The van der Waals surface area contributed by atoms with Crippen LogP contribution in [0.25, 0.3) is 6.08 Å². The van der Waals surface area contributed by atoms with Crippen LogP contribution in [0.1, 0.15) is 25.5 Å². The van der Waals surface area contributed by atoms with E-state index in [1.807, 2.05) is 6.20 Å². The average Bonchev–Trinajstić information content (AvgIpc) is 2.41. The number of allylic oxidation sites excluding steroid dienone is 1. The second kappa shape index (κ2) is 3.88. The fraction of sp³-hybridized carbons (Fsp3) is 0.375. The smallest absolute Gasteiger partial charge is 0.0924 e. The lowest BCUT2D eigenvalue weighted by molar-refractivity contribution is 0.962. The highest BCUT2D eigenvalue weighted by Crippen LogP contribution is 1.97. The highest BCUT2D eigenvalue weighted by molar-refractivity contribution is 5.42. The van der Waals surface area contributed by atoms with Crippen molar-refractivity contribution in [3.05, 3.63) is 24.3 Å². The number of hydrogen-bond acceptors (Lipinski definition) is 1. The summed E-state index contributed by atoms with van der Waals surface area (Å²) >= 11 is 0. The molecule has 0 unspecified atom stereocenters. The minimum absolute atomic E-state index is 1.08. The van der Waals surface area contributed by atoms with E-state index in [1.165, 1.54) is 6.42 Å². The number of hydrogen-bond donors (Lipinski definition) is 1. The Labute approximate surface area is 61.0 Å². The third-order valence-electron chi connectivity index (χ3n) is 1.27. The SMILES string of the molecule is CCC/C=C/c1cnc[nH]1. The normalized spacial score (nSPS) is 10.9. The second-order valence-electron chi connectivity index (χ2n) is 2.20. The fourth-order valence-corrected chi connectivity index (χ4v) is 0.735. The number of nitrogens with zero attached hydrogens (tertiary/aromatic N) is 1. The Bertz CT molecular complexity index is 187. The second-order valence-corrected chi connectivity index (χ2v) is 2.20. The summed E-state index contributed by atoms with van der Waals surface area (Å²) in [6, 6.07) is 0. The molecular formula is C8H12N2. The van der Waals surface area contributed by atoms with Crippen LogP contribution in [-0.2, 0) is 0 Å². The van der Waals surface area contributed by atoms with Crippen molar-refractivity contribution >= 4 is 6.08 Å². The molecule has 0 aliphatic carbocycles. The van der Waals surface area contributed by atoms with Gasteiger partial charge in [0.1, 0.15) is 0 Å². The summed E-state index contributed by atoms with van der Waals surface area (Å²) < 4.78 is 0. The zero-order valence-corrected chi connectivity index (χ0v) is 6.17. The van der Waals surface area contributed by atoms with E-state index in [-0.39, 0.29) is 0 Å². The molecule has 0 aliphatic rings. The first-order chi connectivity index (χ1) is 4.93. The number of aromatic amines is 1. The van der Waals surface area contributed by atoms with E-state index in [4.69, 9.17) is 0 Å². The Morgan fingerprint density at radius 3 is 3.20 bits per heavy atom. The van der Waals surface area contributed by atoms with Crippen LogP contribution < -0.4 is 0 Å². The van der Waals surface area contributed by atoms with E-state index in [2.05, 4.69) is 29.0 Å². The molecular weight excluding hydrogens is 124 g/mol. The molecule has 1 aromatic heterocycles. The van der Waals surface area contributed by atoms with Gasteiger partial charge in [-0.05, 0) is 12.5 Å². The van der Waals surface area contributed by atoms with Gasteiger partial charge in [0.15, 0.2) is 0 Å². The van der Waals surface area contributed by atoms with Crippen LogP contribution in [0.3, 0.4) is 0 Å². The first-order valence-corrected chi connectivity index (χ1v) is 3.58. The van der Waals surface area contributed by atoms with Gasteiger partial charge in [0.05, 0.1) is 18.2 Å². The predicted octanol–water partition coefficient (Wildman–Crippen LogP) is 2.22. The molecule has 2 nitrogen and oxygen atoms in total. The van der Waals surface area contributed by atoms with Gasteiger partial charge in [-0.3, -0.25) is 0 Å². The van der Waals surface area contributed by atoms with Crippen molar-refractivity contribution in [2.75, 3.05) is 0 Å². The van der Waals surface area contributed by atoms with Crippen molar-refractivity contribution in [1.82, 2.24) is 9.97 Å². The largest absolute Gasteiger partial charge is 0.345 e. The summed E-state index contributed by atoms with van der Waals surface area (Å²) in [5.74, 6) is 0. The van der Waals surface area contributed by atoms with Crippen LogP contribution >= 0.6 is 0 Å². The summed E-state index contributed by atoms with van der Waals surface area (Å²) in [6.45, 7) is 2.16. The molecule has 10 heavy (non-hydrogen) atoms. The van der Waals surface area contributed by atoms with Crippen molar-refractivity contribution in [1.29, 1.82) is 0 Å². The molecule has 1 N–H and O–H groups in total. The summed E-state index contributed by atoms with van der Waals surface area (Å²) in [6.07, 6.45) is 10.0. The third kappa shape index (κ3) is 2.05. The number of imidazole rings is 1. The van der Waals surface area contributed by atoms with Crippen molar-refractivity contribution in [3.8, 4) is 0 Å². The van der Waals surface area contributed by atoms with Gasteiger partial charge in [-0.2, -0.15) is 0 Å². The van der Waals surface area contributed by atoms with Crippen LogP contribution in [0, 0.1) is 0 Å². The van der Waals surface area contributed by atoms with E-state index in [0.717, 1.165) is 12.1 Å². The predicted molar refractivity (Wildman–Crippen MR) is 42.5 cm³/mol. The van der Waals surface area contributed by atoms with Gasteiger partial charge in [0.2, 0.25) is 0 Å². The molecule has 2 heteroatoms. The van der Waals surface area contributed by atoms with Crippen LogP contribution in [0.2, 0.25) is 0 Å². The van der Waals surface area contributed by atoms with Crippen LogP contribution in [0.15, 0.2) is 18.6 Å². The third-order valence-corrected chi connectivity index (χ3v) is 1.27. The highest BCUT2D eigenvalue weighted by Gasteiger charge is 1.82. The van der Waals surface area contributed by atoms with Crippen molar-refractivity contribution in [2.24, 2.45) is 0 Å². The molecule has 0 atom stereocenters. The number of rotatable bonds is 3. The molecule has 0 fully saturated rings. The van der Waals surface area contributed by atoms with Gasteiger partial charge < -0.3 is 4.98 Å². The van der Waals surface area contributed by atoms with Gasteiger partial charge in [-0.1, -0.05) is 19.4 Å². The van der Waals surface area contributed by atoms with Gasteiger partial charge in [-0.15, -0.1) is 0 Å². The quantitative estimate of drug-likeness (QED) is 0.678. The van der Waals surface area contributed by atoms with Crippen LogP contribution in [0.5, 0.6) is 0 Å². The van der Waals surface area contributed by atoms with Crippen LogP contribution in [-0.4, -0.2) is 9.97 Å². The molecule has 54 valence electrons. The van der Waals surface area contributed by atoms with Crippen LogP contribution in [0.4, 0.5) is 0 Å². The van der Waals surface area contributed by atoms with Crippen molar-refractivity contribution in [3.63, 3.8) is 0 Å².